The minimum Gasteiger partial charge on any atom is -0.496 e. The van der Waals surface area contributed by atoms with Crippen molar-refractivity contribution in [3.8, 4) is 5.75 Å². The van der Waals surface area contributed by atoms with Crippen molar-refractivity contribution >= 4 is 0 Å². The molecule has 5 nitrogen and oxygen atoms in total. The average molecular weight is 259 g/mol. The Morgan fingerprint density at radius 3 is 2.79 bits per heavy atom. The summed E-state index contributed by atoms with van der Waals surface area (Å²) in [6, 6.07) is 8.96. The van der Waals surface area contributed by atoms with E-state index in [1.807, 2.05) is 25.1 Å². The quantitative estimate of drug-likeness (QED) is 0.891. The summed E-state index contributed by atoms with van der Waals surface area (Å²) < 4.78 is 6.72. The first kappa shape index (κ1) is 13.3. The van der Waals surface area contributed by atoms with Crippen molar-refractivity contribution in [2.24, 2.45) is 5.73 Å². The third-order valence-electron chi connectivity index (χ3n) is 2.90. The van der Waals surface area contributed by atoms with Gasteiger partial charge in [-0.1, -0.05) is 12.1 Å². The second-order valence-corrected chi connectivity index (χ2v) is 4.32. The number of ether oxygens (including phenoxy) is 1. The van der Waals surface area contributed by atoms with E-state index in [0.717, 1.165) is 22.6 Å². The van der Waals surface area contributed by atoms with Crippen LogP contribution in [-0.2, 0) is 13.1 Å². The molecule has 0 radical (unpaired) electrons. The van der Waals surface area contributed by atoms with Gasteiger partial charge in [-0.05, 0) is 24.6 Å². The van der Waals surface area contributed by atoms with Crippen LogP contribution >= 0.6 is 0 Å². The maximum absolute atomic E-state index is 11.7. The largest absolute Gasteiger partial charge is 0.496 e. The predicted octanol–water partition coefficient (Wildman–Crippen LogP) is 1.07. The highest BCUT2D eigenvalue weighted by Gasteiger charge is 2.05. The normalized spacial score (nSPS) is 10.5. The van der Waals surface area contributed by atoms with Gasteiger partial charge in [-0.25, -0.2) is 4.68 Å². The van der Waals surface area contributed by atoms with Gasteiger partial charge < -0.3 is 10.5 Å². The zero-order valence-corrected chi connectivity index (χ0v) is 11.1. The molecule has 0 bridgehead atoms. The molecule has 1 aromatic heterocycles. The van der Waals surface area contributed by atoms with E-state index in [-0.39, 0.29) is 5.56 Å². The Labute approximate surface area is 111 Å². The van der Waals surface area contributed by atoms with Gasteiger partial charge in [0.05, 0.1) is 19.3 Å². The highest BCUT2D eigenvalue weighted by Crippen LogP contribution is 2.19. The molecule has 0 amide bonds. The fourth-order valence-electron chi connectivity index (χ4n) is 1.89. The third kappa shape index (κ3) is 3.00. The first-order chi connectivity index (χ1) is 9.13. The molecule has 0 aliphatic rings. The molecule has 2 N–H and O–H groups in total. The minimum absolute atomic E-state index is 0.118. The Balaban J connectivity index is 2.33. The summed E-state index contributed by atoms with van der Waals surface area (Å²) in [5.41, 5.74) is 8.21. The zero-order valence-electron chi connectivity index (χ0n) is 11.1. The summed E-state index contributed by atoms with van der Waals surface area (Å²) in [4.78, 5) is 11.7. The van der Waals surface area contributed by atoms with Gasteiger partial charge >= 0.3 is 0 Å². The molecule has 1 aromatic carbocycles. The van der Waals surface area contributed by atoms with E-state index in [0.29, 0.717) is 13.1 Å². The number of nitrogens with two attached hydrogens (primary N) is 1. The van der Waals surface area contributed by atoms with Crippen molar-refractivity contribution in [1.29, 1.82) is 0 Å². The van der Waals surface area contributed by atoms with Crippen LogP contribution in [-0.4, -0.2) is 16.9 Å². The van der Waals surface area contributed by atoms with Gasteiger partial charge in [0.1, 0.15) is 5.75 Å². The minimum atomic E-state index is -0.118. The number of benzene rings is 1. The molecule has 1 heterocycles. The predicted molar refractivity (Wildman–Crippen MR) is 73.2 cm³/mol. The molecule has 0 spiro atoms. The Morgan fingerprint density at radius 1 is 1.32 bits per heavy atom. The second-order valence-electron chi connectivity index (χ2n) is 4.32. The fourth-order valence-corrected chi connectivity index (χ4v) is 1.89. The van der Waals surface area contributed by atoms with Crippen LogP contribution < -0.4 is 16.0 Å². The Hall–Kier alpha value is -2.14. The molecule has 2 aromatic rings. The lowest BCUT2D eigenvalue weighted by Gasteiger charge is -2.10. The first-order valence-electron chi connectivity index (χ1n) is 6.04. The van der Waals surface area contributed by atoms with Crippen molar-refractivity contribution < 1.29 is 4.74 Å². The highest BCUT2D eigenvalue weighted by atomic mass is 16.5. The molecule has 0 aliphatic carbocycles. The molecule has 100 valence electrons. The van der Waals surface area contributed by atoms with E-state index >= 15 is 0 Å². The van der Waals surface area contributed by atoms with Gasteiger partial charge in [0.2, 0.25) is 0 Å². The zero-order chi connectivity index (χ0) is 13.8. The van der Waals surface area contributed by atoms with Gasteiger partial charge in [0, 0.05) is 18.2 Å². The number of hydrogen-bond donors (Lipinski definition) is 1. The lowest BCUT2D eigenvalue weighted by molar-refractivity contribution is 0.409. The van der Waals surface area contributed by atoms with Crippen molar-refractivity contribution in [2.75, 3.05) is 7.11 Å². The summed E-state index contributed by atoms with van der Waals surface area (Å²) >= 11 is 0. The van der Waals surface area contributed by atoms with Crippen molar-refractivity contribution in [3.05, 3.63) is 57.5 Å². The van der Waals surface area contributed by atoms with Crippen LogP contribution in [0.4, 0.5) is 0 Å². The second kappa shape index (κ2) is 5.67. The summed E-state index contributed by atoms with van der Waals surface area (Å²) in [7, 11) is 1.61. The number of nitrogens with zero attached hydrogens (tertiary/aromatic N) is 2. The van der Waals surface area contributed by atoms with Gasteiger partial charge in [-0.3, -0.25) is 4.79 Å². The third-order valence-corrected chi connectivity index (χ3v) is 2.90. The smallest absolute Gasteiger partial charge is 0.267 e. The molecule has 5 heteroatoms. The van der Waals surface area contributed by atoms with Crippen LogP contribution in [0.25, 0.3) is 0 Å². The standard InChI is InChI=1S/C14H17N3O2/c1-10-3-6-14(18)17(16-10)9-11-4-5-12(8-15)13(7-11)19-2/h3-7H,8-9,15H2,1-2H3. The van der Waals surface area contributed by atoms with E-state index < -0.39 is 0 Å². The van der Waals surface area contributed by atoms with Gasteiger partial charge in [-0.15, -0.1) is 0 Å². The van der Waals surface area contributed by atoms with Crippen LogP contribution in [0.3, 0.4) is 0 Å². The molecule has 0 fully saturated rings. The molecule has 19 heavy (non-hydrogen) atoms. The van der Waals surface area contributed by atoms with Gasteiger partial charge in [0.15, 0.2) is 0 Å². The SMILES string of the molecule is COc1cc(Cn2nc(C)ccc2=O)ccc1CN. The maximum Gasteiger partial charge on any atom is 0.267 e. The number of rotatable bonds is 4. The van der Waals surface area contributed by atoms with E-state index in [4.69, 9.17) is 10.5 Å². The van der Waals surface area contributed by atoms with Crippen LogP contribution in [0.5, 0.6) is 5.75 Å². The molecule has 2 rings (SSSR count). The number of methoxy groups -OCH3 is 1. The van der Waals surface area contributed by atoms with Crippen molar-refractivity contribution in [2.45, 2.75) is 20.0 Å². The van der Waals surface area contributed by atoms with E-state index in [9.17, 15) is 4.79 Å². The van der Waals surface area contributed by atoms with Crippen LogP contribution in [0.15, 0.2) is 35.1 Å². The summed E-state index contributed by atoms with van der Waals surface area (Å²) in [6.45, 7) is 2.70. The van der Waals surface area contributed by atoms with Crippen LogP contribution in [0.1, 0.15) is 16.8 Å². The summed E-state index contributed by atoms with van der Waals surface area (Å²) in [6.07, 6.45) is 0. The van der Waals surface area contributed by atoms with Crippen LogP contribution in [0, 0.1) is 6.92 Å². The molecule has 0 atom stereocenters. The van der Waals surface area contributed by atoms with Crippen molar-refractivity contribution in [1.82, 2.24) is 9.78 Å². The van der Waals surface area contributed by atoms with Gasteiger partial charge in [0.25, 0.3) is 5.56 Å². The fraction of sp³-hybridized carbons (Fsp3) is 0.286. The Bertz CT molecular complexity index is 635. The van der Waals surface area contributed by atoms with E-state index in [2.05, 4.69) is 5.10 Å². The number of aromatic nitrogens is 2. The number of aryl methyl sites for hydroxylation is 1. The molecule has 0 unspecified atom stereocenters. The van der Waals surface area contributed by atoms with Crippen LogP contribution in [0.2, 0.25) is 0 Å². The van der Waals surface area contributed by atoms with E-state index in [1.165, 1.54) is 10.7 Å². The number of hydrogen-bond acceptors (Lipinski definition) is 4. The Kier molecular flexibility index (Phi) is 3.97. The average Bonchev–Trinajstić information content (AvgIpc) is 2.42. The molecule has 0 aliphatic heterocycles. The monoisotopic (exact) mass is 259 g/mol. The molecule has 0 saturated carbocycles. The summed E-state index contributed by atoms with van der Waals surface area (Å²) in [5, 5.41) is 4.20. The Morgan fingerprint density at radius 2 is 2.11 bits per heavy atom. The molecular formula is C14H17N3O2. The maximum atomic E-state index is 11.7. The van der Waals surface area contributed by atoms with Gasteiger partial charge in [-0.2, -0.15) is 5.10 Å². The topological polar surface area (TPSA) is 70.1 Å². The molecular weight excluding hydrogens is 242 g/mol. The molecule has 0 saturated heterocycles. The highest BCUT2D eigenvalue weighted by molar-refractivity contribution is 5.37. The lowest BCUT2D eigenvalue weighted by Crippen LogP contribution is -2.23. The lowest BCUT2D eigenvalue weighted by atomic mass is 10.1. The van der Waals surface area contributed by atoms with E-state index in [1.54, 1.807) is 13.2 Å². The van der Waals surface area contributed by atoms with Crippen molar-refractivity contribution in [3.63, 3.8) is 0 Å². The summed E-state index contributed by atoms with van der Waals surface area (Å²) in [5.74, 6) is 0.737. The first-order valence-corrected chi connectivity index (χ1v) is 6.04.